The molecule has 1 aromatic rings. The van der Waals surface area contributed by atoms with Gasteiger partial charge in [0.25, 0.3) is 5.91 Å². The maximum absolute atomic E-state index is 12.3. The molecule has 1 atom stereocenters. The van der Waals surface area contributed by atoms with Gasteiger partial charge < -0.3 is 15.4 Å². The zero-order valence-corrected chi connectivity index (χ0v) is 13.5. The number of amides is 1. The molecule has 0 saturated carbocycles. The van der Waals surface area contributed by atoms with Gasteiger partial charge in [-0.3, -0.25) is 4.79 Å². The van der Waals surface area contributed by atoms with Crippen molar-refractivity contribution in [1.29, 1.82) is 0 Å². The number of benzene rings is 1. The van der Waals surface area contributed by atoms with E-state index in [2.05, 4.69) is 26.6 Å². The minimum absolute atomic E-state index is 0.0285. The van der Waals surface area contributed by atoms with Crippen molar-refractivity contribution in [2.75, 3.05) is 26.8 Å². The Labute approximate surface area is 128 Å². The van der Waals surface area contributed by atoms with Crippen LogP contribution in [0.5, 0.6) is 0 Å². The molecule has 2 rings (SSSR count). The van der Waals surface area contributed by atoms with Crippen LogP contribution in [0, 0.1) is 6.92 Å². The first kappa shape index (κ1) is 15.5. The van der Waals surface area contributed by atoms with Crippen LogP contribution in [-0.4, -0.2) is 38.3 Å². The van der Waals surface area contributed by atoms with E-state index in [0.29, 0.717) is 13.2 Å². The summed E-state index contributed by atoms with van der Waals surface area (Å²) in [7, 11) is 1.70. The van der Waals surface area contributed by atoms with Gasteiger partial charge in [-0.2, -0.15) is 0 Å². The molecule has 1 unspecified atom stereocenters. The highest BCUT2D eigenvalue weighted by Crippen LogP contribution is 2.20. The van der Waals surface area contributed by atoms with Gasteiger partial charge in [0.15, 0.2) is 0 Å². The summed E-state index contributed by atoms with van der Waals surface area (Å²) in [6, 6.07) is 5.69. The highest BCUT2D eigenvalue weighted by Gasteiger charge is 2.33. The molecule has 1 aliphatic heterocycles. The molecule has 0 spiro atoms. The second-order valence-electron chi connectivity index (χ2n) is 5.39. The van der Waals surface area contributed by atoms with Gasteiger partial charge in [0.2, 0.25) is 0 Å². The van der Waals surface area contributed by atoms with Crippen LogP contribution < -0.4 is 10.6 Å². The normalized spacial score (nSPS) is 21.9. The Morgan fingerprint density at radius 2 is 2.35 bits per heavy atom. The highest BCUT2D eigenvalue weighted by atomic mass is 79.9. The molecule has 5 heteroatoms. The van der Waals surface area contributed by atoms with Gasteiger partial charge >= 0.3 is 0 Å². The second-order valence-corrected chi connectivity index (χ2v) is 6.30. The molecular formula is C15H21BrN2O2. The maximum atomic E-state index is 12.3. The van der Waals surface area contributed by atoms with Crippen molar-refractivity contribution in [2.24, 2.45) is 0 Å². The van der Waals surface area contributed by atoms with Crippen LogP contribution in [0.15, 0.2) is 22.7 Å². The number of aryl methyl sites for hydroxylation is 1. The third-order valence-corrected chi connectivity index (χ3v) is 4.27. The third-order valence-electron chi connectivity index (χ3n) is 3.77. The van der Waals surface area contributed by atoms with E-state index in [1.165, 1.54) is 0 Å². The van der Waals surface area contributed by atoms with Gasteiger partial charge in [-0.05, 0) is 50.1 Å². The monoisotopic (exact) mass is 340 g/mol. The fourth-order valence-corrected chi connectivity index (χ4v) is 3.17. The summed E-state index contributed by atoms with van der Waals surface area (Å²) in [4.78, 5) is 12.3. The molecule has 0 bridgehead atoms. The van der Waals surface area contributed by atoms with Crippen LogP contribution in [-0.2, 0) is 4.74 Å². The number of methoxy groups -OCH3 is 1. The van der Waals surface area contributed by atoms with E-state index in [4.69, 9.17) is 4.74 Å². The van der Waals surface area contributed by atoms with Crippen molar-refractivity contribution in [2.45, 2.75) is 25.3 Å². The van der Waals surface area contributed by atoms with Crippen LogP contribution in [0.2, 0.25) is 0 Å². The predicted octanol–water partition coefficient (Wildman–Crippen LogP) is 2.26. The predicted molar refractivity (Wildman–Crippen MR) is 83.1 cm³/mol. The van der Waals surface area contributed by atoms with Gasteiger partial charge in [-0.25, -0.2) is 0 Å². The standard InChI is InChI=1S/C15H21BrN2O2/c1-11-8-12(16)4-5-13(11)14(19)17-9-15(10-20-2)6-3-7-18-15/h4-5,8,18H,3,6-7,9-10H2,1-2H3,(H,17,19). The first-order valence-corrected chi connectivity index (χ1v) is 7.64. The topological polar surface area (TPSA) is 50.4 Å². The number of carbonyl (C=O) groups is 1. The highest BCUT2D eigenvalue weighted by molar-refractivity contribution is 9.10. The lowest BCUT2D eigenvalue weighted by Crippen LogP contribution is -2.53. The number of hydrogen-bond acceptors (Lipinski definition) is 3. The molecule has 20 heavy (non-hydrogen) atoms. The molecular weight excluding hydrogens is 320 g/mol. The van der Waals surface area contributed by atoms with Gasteiger partial charge in [0.1, 0.15) is 0 Å². The van der Waals surface area contributed by atoms with E-state index in [-0.39, 0.29) is 11.4 Å². The molecule has 1 aromatic carbocycles. The molecule has 1 amide bonds. The van der Waals surface area contributed by atoms with Crippen molar-refractivity contribution in [3.05, 3.63) is 33.8 Å². The Bertz CT molecular complexity index is 485. The van der Waals surface area contributed by atoms with Crippen molar-refractivity contribution in [3.63, 3.8) is 0 Å². The minimum atomic E-state index is -0.117. The maximum Gasteiger partial charge on any atom is 0.251 e. The molecule has 110 valence electrons. The third kappa shape index (κ3) is 3.59. The molecule has 1 heterocycles. The van der Waals surface area contributed by atoms with Crippen molar-refractivity contribution < 1.29 is 9.53 Å². The molecule has 0 aliphatic carbocycles. The van der Waals surface area contributed by atoms with Crippen LogP contribution in [0.4, 0.5) is 0 Å². The van der Waals surface area contributed by atoms with E-state index in [1.807, 2.05) is 25.1 Å². The van der Waals surface area contributed by atoms with Gasteiger partial charge in [-0.15, -0.1) is 0 Å². The smallest absolute Gasteiger partial charge is 0.251 e. The van der Waals surface area contributed by atoms with E-state index in [1.54, 1.807) is 7.11 Å². The van der Waals surface area contributed by atoms with Crippen LogP contribution in [0.25, 0.3) is 0 Å². The lowest BCUT2D eigenvalue weighted by molar-refractivity contribution is 0.0891. The minimum Gasteiger partial charge on any atom is -0.383 e. The molecule has 0 aromatic heterocycles. The molecule has 1 aliphatic rings. The van der Waals surface area contributed by atoms with E-state index in [0.717, 1.165) is 35.0 Å². The Balaban J connectivity index is 2.00. The number of ether oxygens (including phenoxy) is 1. The number of hydrogen-bond donors (Lipinski definition) is 2. The summed E-state index contributed by atoms with van der Waals surface area (Å²) in [5, 5.41) is 6.48. The summed E-state index contributed by atoms with van der Waals surface area (Å²) in [6.07, 6.45) is 2.15. The first-order chi connectivity index (χ1) is 9.56. The number of halogens is 1. The largest absolute Gasteiger partial charge is 0.383 e. The summed E-state index contributed by atoms with van der Waals surface area (Å²) in [5.41, 5.74) is 1.57. The van der Waals surface area contributed by atoms with Crippen molar-refractivity contribution in [3.8, 4) is 0 Å². The fraction of sp³-hybridized carbons (Fsp3) is 0.533. The van der Waals surface area contributed by atoms with Crippen LogP contribution in [0.3, 0.4) is 0 Å². The SMILES string of the molecule is COCC1(CNC(=O)c2ccc(Br)cc2C)CCCN1. The fourth-order valence-electron chi connectivity index (χ4n) is 2.70. The summed E-state index contributed by atoms with van der Waals surface area (Å²) >= 11 is 3.41. The van der Waals surface area contributed by atoms with E-state index < -0.39 is 0 Å². The number of rotatable bonds is 5. The number of carbonyl (C=O) groups excluding carboxylic acids is 1. The molecule has 1 saturated heterocycles. The average Bonchev–Trinajstić information content (AvgIpc) is 2.85. The second kappa shape index (κ2) is 6.70. The lowest BCUT2D eigenvalue weighted by atomic mass is 9.98. The Hall–Kier alpha value is -0.910. The zero-order chi connectivity index (χ0) is 14.6. The Kier molecular flexibility index (Phi) is 5.18. The summed E-state index contributed by atoms with van der Waals surface area (Å²) in [6.45, 7) is 4.14. The van der Waals surface area contributed by atoms with Crippen molar-refractivity contribution >= 4 is 21.8 Å². The summed E-state index contributed by atoms with van der Waals surface area (Å²) in [5.74, 6) is -0.0285. The molecule has 1 fully saturated rings. The molecule has 2 N–H and O–H groups in total. The molecule has 0 radical (unpaired) electrons. The zero-order valence-electron chi connectivity index (χ0n) is 12.0. The average molecular weight is 341 g/mol. The first-order valence-electron chi connectivity index (χ1n) is 6.85. The summed E-state index contributed by atoms with van der Waals surface area (Å²) < 4.78 is 6.27. The Morgan fingerprint density at radius 3 is 2.95 bits per heavy atom. The van der Waals surface area contributed by atoms with E-state index in [9.17, 15) is 4.79 Å². The van der Waals surface area contributed by atoms with E-state index >= 15 is 0 Å². The van der Waals surface area contributed by atoms with Crippen molar-refractivity contribution in [1.82, 2.24) is 10.6 Å². The lowest BCUT2D eigenvalue weighted by Gasteiger charge is -2.29. The van der Waals surface area contributed by atoms with Gasteiger partial charge in [-0.1, -0.05) is 15.9 Å². The quantitative estimate of drug-likeness (QED) is 0.864. The van der Waals surface area contributed by atoms with Crippen LogP contribution in [0.1, 0.15) is 28.8 Å². The van der Waals surface area contributed by atoms with Gasteiger partial charge in [0, 0.05) is 23.7 Å². The van der Waals surface area contributed by atoms with Crippen LogP contribution >= 0.6 is 15.9 Å². The molecule has 4 nitrogen and oxygen atoms in total. The number of nitrogens with one attached hydrogen (secondary N) is 2. The van der Waals surface area contributed by atoms with Gasteiger partial charge in [0.05, 0.1) is 12.1 Å². The Morgan fingerprint density at radius 1 is 1.55 bits per heavy atom.